The van der Waals surface area contributed by atoms with Crippen LogP contribution < -0.4 is 0 Å². The minimum atomic E-state index is -0.576. The molecule has 0 aliphatic carbocycles. The lowest BCUT2D eigenvalue weighted by Gasteiger charge is -2.37. The third kappa shape index (κ3) is 6.72. The predicted molar refractivity (Wildman–Crippen MR) is 290 cm³/mol. The van der Waals surface area contributed by atoms with Crippen LogP contribution >= 0.6 is 0 Å². The zero-order valence-corrected chi connectivity index (χ0v) is 38.0. The standard InChI is InChI=1S/C67H46N2/c1-7-20-47(21-8-1)50-34-38-63-59(43-50)60-45-52(36-40-64(60)68(63)57-31-17-6-18-32-57)49-24-19-33-58(42-49)69-65-39-35-51(48-22-9-2-10-23-48)44-61(65)62-46-56(37-41-66(62)69)67(53-25-11-3-12-26-53,54-27-13-4-14-28-54)55-29-15-5-16-30-55/h1-46H. The zero-order valence-electron chi connectivity index (χ0n) is 38.0. The van der Waals surface area contributed by atoms with E-state index in [0.717, 1.165) is 22.5 Å². The summed E-state index contributed by atoms with van der Waals surface area (Å²) in [5.74, 6) is 0. The Labute approximate surface area is 402 Å². The van der Waals surface area contributed by atoms with E-state index >= 15 is 0 Å². The molecule has 0 spiro atoms. The highest BCUT2D eigenvalue weighted by Gasteiger charge is 2.38. The van der Waals surface area contributed by atoms with E-state index in [1.807, 2.05) is 0 Å². The maximum atomic E-state index is 2.47. The van der Waals surface area contributed by atoms with Gasteiger partial charge in [-0.05, 0) is 128 Å². The van der Waals surface area contributed by atoms with Crippen molar-refractivity contribution in [3.63, 3.8) is 0 Å². The van der Waals surface area contributed by atoms with Crippen molar-refractivity contribution in [1.82, 2.24) is 9.13 Å². The molecule has 0 bridgehead atoms. The van der Waals surface area contributed by atoms with Gasteiger partial charge in [-0.25, -0.2) is 0 Å². The summed E-state index contributed by atoms with van der Waals surface area (Å²) in [5.41, 5.74) is 18.4. The molecule has 0 N–H and O–H groups in total. The molecular formula is C67H46N2. The van der Waals surface area contributed by atoms with E-state index in [-0.39, 0.29) is 0 Å². The molecule has 0 fully saturated rings. The average molecular weight is 879 g/mol. The fourth-order valence-electron chi connectivity index (χ4n) is 11.1. The van der Waals surface area contributed by atoms with Gasteiger partial charge in [0.2, 0.25) is 0 Å². The van der Waals surface area contributed by atoms with Crippen LogP contribution in [0.5, 0.6) is 0 Å². The molecule has 0 saturated carbocycles. The molecule has 69 heavy (non-hydrogen) atoms. The normalized spacial score (nSPS) is 11.8. The van der Waals surface area contributed by atoms with Crippen molar-refractivity contribution in [2.45, 2.75) is 5.41 Å². The Kier molecular flexibility index (Phi) is 9.77. The van der Waals surface area contributed by atoms with Crippen molar-refractivity contribution in [2.75, 3.05) is 0 Å². The van der Waals surface area contributed by atoms with Gasteiger partial charge < -0.3 is 9.13 Å². The van der Waals surface area contributed by atoms with Gasteiger partial charge >= 0.3 is 0 Å². The molecule has 0 unspecified atom stereocenters. The molecule has 0 saturated heterocycles. The van der Waals surface area contributed by atoms with Gasteiger partial charge in [0.05, 0.1) is 27.5 Å². The number of rotatable bonds is 9. The summed E-state index contributed by atoms with van der Waals surface area (Å²) >= 11 is 0. The van der Waals surface area contributed by atoms with E-state index in [1.165, 1.54) is 88.2 Å². The fourth-order valence-corrected chi connectivity index (χ4v) is 11.1. The molecule has 13 aromatic rings. The highest BCUT2D eigenvalue weighted by Crippen LogP contribution is 2.47. The van der Waals surface area contributed by atoms with Crippen LogP contribution in [0.2, 0.25) is 0 Å². The lowest BCUT2D eigenvalue weighted by atomic mass is 9.65. The number of hydrogen-bond donors (Lipinski definition) is 0. The van der Waals surface area contributed by atoms with Gasteiger partial charge in [0.1, 0.15) is 0 Å². The van der Waals surface area contributed by atoms with Crippen LogP contribution in [0, 0.1) is 0 Å². The highest BCUT2D eigenvalue weighted by atomic mass is 15.0. The van der Waals surface area contributed by atoms with Crippen molar-refractivity contribution in [3.8, 4) is 44.8 Å². The van der Waals surface area contributed by atoms with E-state index in [4.69, 9.17) is 0 Å². The van der Waals surface area contributed by atoms with E-state index in [2.05, 4.69) is 288 Å². The lowest BCUT2D eigenvalue weighted by Crippen LogP contribution is -2.30. The number of para-hydroxylation sites is 1. The lowest BCUT2D eigenvalue weighted by molar-refractivity contribution is 0.746. The first kappa shape index (κ1) is 40.3. The van der Waals surface area contributed by atoms with Gasteiger partial charge in [0.25, 0.3) is 0 Å². The van der Waals surface area contributed by atoms with Crippen LogP contribution in [-0.2, 0) is 5.41 Å². The molecule has 13 rings (SSSR count). The van der Waals surface area contributed by atoms with E-state index < -0.39 is 5.41 Å². The fraction of sp³-hybridized carbons (Fsp3) is 0.0149. The molecule has 0 amide bonds. The van der Waals surface area contributed by atoms with Gasteiger partial charge in [-0.15, -0.1) is 0 Å². The third-order valence-corrected chi connectivity index (χ3v) is 14.2. The minimum absolute atomic E-state index is 0.576. The molecular weight excluding hydrogens is 833 g/mol. The first-order chi connectivity index (χ1) is 34.2. The second-order valence-corrected chi connectivity index (χ2v) is 18.1. The van der Waals surface area contributed by atoms with Crippen LogP contribution in [0.4, 0.5) is 0 Å². The van der Waals surface area contributed by atoms with Crippen molar-refractivity contribution >= 4 is 43.6 Å². The van der Waals surface area contributed by atoms with Crippen LogP contribution in [0.15, 0.2) is 279 Å². The summed E-state index contributed by atoms with van der Waals surface area (Å²) < 4.78 is 4.87. The highest BCUT2D eigenvalue weighted by molar-refractivity contribution is 6.13. The SMILES string of the molecule is c1ccc(-c2ccc3c(c2)c2cc(-c4cccc(-n5c6ccc(-c7ccccc7)cc6c6cc(C(c7ccccc7)(c7ccccc7)c7ccccc7)ccc65)c4)ccc2n3-c2ccccc2)cc1. The second kappa shape index (κ2) is 16.7. The van der Waals surface area contributed by atoms with Gasteiger partial charge in [-0.1, -0.05) is 206 Å². The summed E-state index contributed by atoms with van der Waals surface area (Å²) in [6, 6.07) is 102. The number of nitrogens with zero attached hydrogens (tertiary/aromatic N) is 2. The summed E-state index contributed by atoms with van der Waals surface area (Å²) in [6.45, 7) is 0. The Balaban J connectivity index is 1.02. The molecule has 324 valence electrons. The minimum Gasteiger partial charge on any atom is -0.309 e. The van der Waals surface area contributed by atoms with E-state index in [0.29, 0.717) is 0 Å². The second-order valence-electron chi connectivity index (χ2n) is 18.1. The van der Waals surface area contributed by atoms with Gasteiger partial charge in [-0.2, -0.15) is 0 Å². The Morgan fingerprint density at radius 3 is 0.971 bits per heavy atom. The maximum Gasteiger partial charge on any atom is 0.0701 e. The van der Waals surface area contributed by atoms with E-state index in [9.17, 15) is 0 Å². The Hall–Kier alpha value is -8.98. The zero-order chi connectivity index (χ0) is 45.7. The molecule has 0 aliphatic rings. The third-order valence-electron chi connectivity index (χ3n) is 14.2. The predicted octanol–water partition coefficient (Wildman–Crippen LogP) is 17.3. The van der Waals surface area contributed by atoms with Gasteiger partial charge in [0, 0.05) is 32.9 Å². The number of hydrogen-bond acceptors (Lipinski definition) is 0. The van der Waals surface area contributed by atoms with Crippen LogP contribution in [-0.4, -0.2) is 9.13 Å². The topological polar surface area (TPSA) is 9.86 Å². The summed E-state index contributed by atoms with van der Waals surface area (Å²) in [5, 5.41) is 4.89. The van der Waals surface area contributed by atoms with Crippen molar-refractivity contribution in [2.24, 2.45) is 0 Å². The van der Waals surface area contributed by atoms with Crippen LogP contribution in [0.1, 0.15) is 22.3 Å². The largest absolute Gasteiger partial charge is 0.309 e. The summed E-state index contributed by atoms with van der Waals surface area (Å²) in [4.78, 5) is 0. The van der Waals surface area contributed by atoms with E-state index in [1.54, 1.807) is 0 Å². The van der Waals surface area contributed by atoms with Crippen molar-refractivity contribution < 1.29 is 0 Å². The Bertz CT molecular complexity index is 3870. The molecule has 0 radical (unpaired) electrons. The average Bonchev–Trinajstić information content (AvgIpc) is 3.94. The first-order valence-corrected chi connectivity index (χ1v) is 23.8. The molecule has 2 nitrogen and oxygen atoms in total. The molecule has 11 aromatic carbocycles. The Morgan fingerprint density at radius 1 is 0.203 bits per heavy atom. The molecule has 0 atom stereocenters. The smallest absolute Gasteiger partial charge is 0.0701 e. The summed E-state index contributed by atoms with van der Waals surface area (Å²) in [6.07, 6.45) is 0. The molecule has 0 aliphatic heterocycles. The molecule has 2 heteroatoms. The number of fused-ring (bicyclic) bond motifs is 6. The van der Waals surface area contributed by atoms with Crippen molar-refractivity contribution in [3.05, 3.63) is 301 Å². The monoisotopic (exact) mass is 878 g/mol. The first-order valence-electron chi connectivity index (χ1n) is 23.8. The quantitative estimate of drug-likeness (QED) is 0.128. The van der Waals surface area contributed by atoms with Gasteiger partial charge in [-0.3, -0.25) is 0 Å². The van der Waals surface area contributed by atoms with Crippen LogP contribution in [0.25, 0.3) is 88.4 Å². The van der Waals surface area contributed by atoms with Crippen LogP contribution in [0.3, 0.4) is 0 Å². The molecule has 2 heterocycles. The van der Waals surface area contributed by atoms with Crippen molar-refractivity contribution in [1.29, 1.82) is 0 Å². The maximum absolute atomic E-state index is 2.47. The Morgan fingerprint density at radius 2 is 0.522 bits per heavy atom. The van der Waals surface area contributed by atoms with Gasteiger partial charge in [0.15, 0.2) is 0 Å². The molecule has 2 aromatic heterocycles. The summed E-state index contributed by atoms with van der Waals surface area (Å²) in [7, 11) is 0. The number of benzene rings is 11. The number of aromatic nitrogens is 2.